The van der Waals surface area contributed by atoms with Crippen molar-refractivity contribution in [2.24, 2.45) is 5.41 Å². The lowest BCUT2D eigenvalue weighted by Gasteiger charge is -2.40. The lowest BCUT2D eigenvalue weighted by Crippen LogP contribution is -2.47. The van der Waals surface area contributed by atoms with E-state index < -0.39 is 11.6 Å². The van der Waals surface area contributed by atoms with Gasteiger partial charge in [-0.15, -0.1) is 0 Å². The molecule has 4 nitrogen and oxygen atoms in total. The zero-order valence-electron chi connectivity index (χ0n) is 10.8. The predicted octanol–water partition coefficient (Wildman–Crippen LogP) is 2.25. The van der Waals surface area contributed by atoms with Crippen molar-refractivity contribution in [2.45, 2.75) is 32.9 Å². The average molecular weight is 275 g/mol. The molecule has 0 aromatic carbocycles. The number of hydrogen-bond acceptors (Lipinski definition) is 3. The Morgan fingerprint density at radius 1 is 1.37 bits per heavy atom. The lowest BCUT2D eigenvalue weighted by molar-refractivity contribution is -0.224. The van der Waals surface area contributed by atoms with E-state index in [1.54, 1.807) is 11.8 Å². The van der Waals surface area contributed by atoms with Gasteiger partial charge in [-0.1, -0.05) is 6.92 Å². The molecule has 0 amide bonds. The minimum Gasteiger partial charge on any atom is -0.342 e. The van der Waals surface area contributed by atoms with Crippen LogP contribution in [0.15, 0.2) is 11.0 Å². The number of nitrogens with one attached hydrogen (secondary N) is 1. The summed E-state index contributed by atoms with van der Waals surface area (Å²) >= 11 is 0. The number of hydrogen-bond donors (Lipinski definition) is 1. The molecule has 1 aromatic rings. The Bertz CT molecular complexity index is 516. The van der Waals surface area contributed by atoms with Crippen LogP contribution in [0, 0.1) is 12.3 Å². The molecule has 0 bridgehead atoms. The third-order valence-electron chi connectivity index (χ3n) is 3.81. The third kappa shape index (κ3) is 2.59. The maximum Gasteiger partial charge on any atom is 0.394 e. The summed E-state index contributed by atoms with van der Waals surface area (Å²) in [5.74, 6) is 0.347. The molecule has 1 aromatic heterocycles. The van der Waals surface area contributed by atoms with Gasteiger partial charge in [0.05, 0.1) is 5.41 Å². The Morgan fingerprint density at radius 3 is 2.42 bits per heavy atom. The Hall–Kier alpha value is -1.53. The molecule has 2 rings (SSSR count). The first-order chi connectivity index (χ1) is 8.73. The summed E-state index contributed by atoms with van der Waals surface area (Å²) in [6, 6.07) is 0. The van der Waals surface area contributed by atoms with E-state index in [-0.39, 0.29) is 31.5 Å². The molecule has 19 heavy (non-hydrogen) atoms. The second-order valence-electron chi connectivity index (χ2n) is 5.26. The molecule has 106 valence electrons. The number of aromatic nitrogens is 2. The standard InChI is InChI=1S/C12H16F3N3O/c1-8-7-16-10(17-9(8)19)18-5-3-11(2,4-6-18)12(13,14)15/h7H,3-6H2,1-2H3,(H,16,17,19). The Morgan fingerprint density at radius 2 is 1.95 bits per heavy atom. The zero-order valence-corrected chi connectivity index (χ0v) is 10.8. The van der Waals surface area contributed by atoms with Gasteiger partial charge in [0.15, 0.2) is 0 Å². The van der Waals surface area contributed by atoms with Crippen LogP contribution in [0.2, 0.25) is 0 Å². The zero-order chi connectivity index (χ0) is 14.3. The highest BCUT2D eigenvalue weighted by molar-refractivity contribution is 5.30. The summed E-state index contributed by atoms with van der Waals surface area (Å²) in [5.41, 5.74) is -1.41. The number of rotatable bonds is 1. The fourth-order valence-corrected chi connectivity index (χ4v) is 2.11. The number of alkyl halides is 3. The van der Waals surface area contributed by atoms with Crippen LogP contribution >= 0.6 is 0 Å². The molecule has 1 aliphatic rings. The molecular weight excluding hydrogens is 259 g/mol. The van der Waals surface area contributed by atoms with Gasteiger partial charge in [-0.05, 0) is 19.8 Å². The van der Waals surface area contributed by atoms with Gasteiger partial charge in [0.2, 0.25) is 5.95 Å². The Kier molecular flexibility index (Phi) is 3.32. The van der Waals surface area contributed by atoms with Crippen molar-refractivity contribution in [3.8, 4) is 0 Å². The molecule has 0 unspecified atom stereocenters. The first-order valence-electron chi connectivity index (χ1n) is 6.10. The molecule has 0 spiro atoms. The normalized spacial score (nSPS) is 19.5. The van der Waals surface area contributed by atoms with Crippen LogP contribution in [0.3, 0.4) is 0 Å². The summed E-state index contributed by atoms with van der Waals surface area (Å²) in [5, 5.41) is 0. The van der Waals surface area contributed by atoms with Gasteiger partial charge in [0, 0.05) is 24.8 Å². The number of aromatic amines is 1. The highest BCUT2D eigenvalue weighted by atomic mass is 19.4. The molecule has 7 heteroatoms. The minimum absolute atomic E-state index is 0.00802. The van der Waals surface area contributed by atoms with Crippen molar-refractivity contribution in [3.63, 3.8) is 0 Å². The van der Waals surface area contributed by atoms with Crippen molar-refractivity contribution >= 4 is 5.95 Å². The highest BCUT2D eigenvalue weighted by Crippen LogP contribution is 2.45. The second-order valence-corrected chi connectivity index (χ2v) is 5.26. The monoisotopic (exact) mass is 275 g/mol. The smallest absolute Gasteiger partial charge is 0.342 e. The van der Waals surface area contributed by atoms with Crippen molar-refractivity contribution in [1.29, 1.82) is 0 Å². The average Bonchev–Trinajstić information content (AvgIpc) is 2.32. The molecule has 0 atom stereocenters. The number of aryl methyl sites for hydroxylation is 1. The molecule has 2 heterocycles. The van der Waals surface area contributed by atoms with Crippen LogP contribution < -0.4 is 10.5 Å². The van der Waals surface area contributed by atoms with E-state index in [0.717, 1.165) is 0 Å². The summed E-state index contributed by atoms with van der Waals surface area (Å²) in [6.07, 6.45) is -2.74. The molecule has 0 radical (unpaired) electrons. The first-order valence-corrected chi connectivity index (χ1v) is 6.10. The molecular formula is C12H16F3N3O. The Labute approximate surface area is 108 Å². The van der Waals surface area contributed by atoms with E-state index in [1.165, 1.54) is 13.1 Å². The third-order valence-corrected chi connectivity index (χ3v) is 3.81. The van der Waals surface area contributed by atoms with Gasteiger partial charge >= 0.3 is 6.18 Å². The molecule has 1 N–H and O–H groups in total. The quantitative estimate of drug-likeness (QED) is 0.855. The predicted molar refractivity (Wildman–Crippen MR) is 65.2 cm³/mol. The lowest BCUT2D eigenvalue weighted by atomic mass is 9.80. The van der Waals surface area contributed by atoms with Crippen molar-refractivity contribution in [3.05, 3.63) is 22.1 Å². The van der Waals surface area contributed by atoms with E-state index >= 15 is 0 Å². The van der Waals surface area contributed by atoms with Crippen molar-refractivity contribution in [1.82, 2.24) is 9.97 Å². The van der Waals surface area contributed by atoms with Crippen LogP contribution in [0.5, 0.6) is 0 Å². The van der Waals surface area contributed by atoms with Crippen LogP contribution in [-0.2, 0) is 0 Å². The van der Waals surface area contributed by atoms with Gasteiger partial charge in [0.25, 0.3) is 5.56 Å². The summed E-state index contributed by atoms with van der Waals surface area (Å²) < 4.78 is 38.6. The van der Waals surface area contributed by atoms with E-state index in [2.05, 4.69) is 9.97 Å². The van der Waals surface area contributed by atoms with Gasteiger partial charge in [-0.2, -0.15) is 13.2 Å². The van der Waals surface area contributed by atoms with Crippen LogP contribution in [0.4, 0.5) is 19.1 Å². The molecule has 1 saturated heterocycles. The maximum atomic E-state index is 12.9. The first kappa shape index (κ1) is 13.9. The minimum atomic E-state index is -4.19. The second kappa shape index (κ2) is 4.54. The van der Waals surface area contributed by atoms with Crippen LogP contribution in [0.1, 0.15) is 25.3 Å². The van der Waals surface area contributed by atoms with Gasteiger partial charge in [0.1, 0.15) is 0 Å². The van der Waals surface area contributed by atoms with E-state index in [4.69, 9.17) is 0 Å². The van der Waals surface area contributed by atoms with Crippen molar-refractivity contribution in [2.75, 3.05) is 18.0 Å². The van der Waals surface area contributed by atoms with E-state index in [1.807, 2.05) is 0 Å². The van der Waals surface area contributed by atoms with Crippen LogP contribution in [-0.4, -0.2) is 29.2 Å². The fourth-order valence-electron chi connectivity index (χ4n) is 2.11. The summed E-state index contributed by atoms with van der Waals surface area (Å²) in [6.45, 7) is 3.35. The van der Waals surface area contributed by atoms with Gasteiger partial charge < -0.3 is 4.90 Å². The van der Waals surface area contributed by atoms with Gasteiger partial charge in [-0.25, -0.2) is 4.98 Å². The highest BCUT2D eigenvalue weighted by Gasteiger charge is 2.52. The number of nitrogens with zero attached hydrogens (tertiary/aromatic N) is 2. The molecule has 0 aliphatic carbocycles. The van der Waals surface area contributed by atoms with Crippen LogP contribution in [0.25, 0.3) is 0 Å². The van der Waals surface area contributed by atoms with Gasteiger partial charge in [-0.3, -0.25) is 9.78 Å². The Balaban J connectivity index is 2.12. The number of anilines is 1. The van der Waals surface area contributed by atoms with Crippen molar-refractivity contribution < 1.29 is 13.2 Å². The van der Waals surface area contributed by atoms with E-state index in [0.29, 0.717) is 11.5 Å². The topological polar surface area (TPSA) is 49.0 Å². The molecule has 0 saturated carbocycles. The fraction of sp³-hybridized carbons (Fsp3) is 0.667. The largest absolute Gasteiger partial charge is 0.394 e. The molecule has 1 fully saturated rings. The number of halogens is 3. The SMILES string of the molecule is Cc1cnc(N2CCC(C)(C(F)(F)F)CC2)[nH]c1=O. The maximum absolute atomic E-state index is 12.9. The number of piperidine rings is 1. The summed E-state index contributed by atoms with van der Waals surface area (Å²) in [4.78, 5) is 19.8. The summed E-state index contributed by atoms with van der Waals surface area (Å²) in [7, 11) is 0. The van der Waals surface area contributed by atoms with E-state index in [9.17, 15) is 18.0 Å². The number of H-pyrrole nitrogens is 1. The molecule has 1 aliphatic heterocycles.